The Morgan fingerprint density at radius 2 is 1.71 bits per heavy atom. The molecule has 0 aliphatic rings. The van der Waals surface area contributed by atoms with Crippen molar-refractivity contribution in [2.24, 2.45) is 0 Å². The summed E-state index contributed by atoms with van der Waals surface area (Å²) >= 11 is 5.57. The van der Waals surface area contributed by atoms with Gasteiger partial charge in [-0.1, -0.05) is 26.2 Å². The molecule has 21 heavy (non-hydrogen) atoms. The van der Waals surface area contributed by atoms with E-state index >= 15 is 0 Å². The van der Waals surface area contributed by atoms with Gasteiger partial charge in [0.1, 0.15) is 0 Å². The van der Waals surface area contributed by atoms with Crippen molar-refractivity contribution in [3.63, 3.8) is 0 Å². The molecular weight excluding hydrogens is 312 g/mol. The average Bonchev–Trinajstić information content (AvgIpc) is 3.22. The SMILES string of the molecule is CCCCCCc1sccc1-c1sccc1-c1ccsc1. The first kappa shape index (κ1) is 15.0. The fourth-order valence-electron chi connectivity index (χ4n) is 2.61. The van der Waals surface area contributed by atoms with E-state index in [2.05, 4.69) is 46.6 Å². The van der Waals surface area contributed by atoms with Gasteiger partial charge >= 0.3 is 0 Å². The van der Waals surface area contributed by atoms with Crippen LogP contribution in [0.3, 0.4) is 0 Å². The molecule has 0 aliphatic carbocycles. The van der Waals surface area contributed by atoms with Crippen LogP contribution in [0.5, 0.6) is 0 Å². The van der Waals surface area contributed by atoms with Gasteiger partial charge in [-0.2, -0.15) is 11.3 Å². The minimum absolute atomic E-state index is 1.23. The molecule has 110 valence electrons. The number of rotatable bonds is 7. The zero-order valence-corrected chi connectivity index (χ0v) is 14.8. The van der Waals surface area contributed by atoms with Crippen molar-refractivity contribution in [3.8, 4) is 21.6 Å². The summed E-state index contributed by atoms with van der Waals surface area (Å²) in [4.78, 5) is 3.00. The molecule has 3 rings (SSSR count). The zero-order valence-electron chi connectivity index (χ0n) is 12.3. The predicted molar refractivity (Wildman–Crippen MR) is 98.8 cm³/mol. The largest absolute Gasteiger partial charge is 0.152 e. The summed E-state index contributed by atoms with van der Waals surface area (Å²) in [6.45, 7) is 2.27. The van der Waals surface area contributed by atoms with Crippen molar-refractivity contribution in [3.05, 3.63) is 44.6 Å². The van der Waals surface area contributed by atoms with Crippen LogP contribution in [0.1, 0.15) is 37.5 Å². The third kappa shape index (κ3) is 3.47. The Bertz CT molecular complexity index is 658. The van der Waals surface area contributed by atoms with Gasteiger partial charge in [-0.15, -0.1) is 22.7 Å². The minimum Gasteiger partial charge on any atom is -0.152 e. The van der Waals surface area contributed by atoms with Crippen LogP contribution in [0.15, 0.2) is 39.7 Å². The first-order valence-electron chi connectivity index (χ1n) is 7.57. The molecule has 0 bridgehead atoms. The van der Waals surface area contributed by atoms with Crippen LogP contribution in [0.2, 0.25) is 0 Å². The molecule has 0 fully saturated rings. The number of hydrogen-bond donors (Lipinski definition) is 0. The van der Waals surface area contributed by atoms with E-state index in [1.165, 1.54) is 53.7 Å². The molecule has 0 saturated heterocycles. The normalized spacial score (nSPS) is 11.1. The van der Waals surface area contributed by atoms with Gasteiger partial charge in [0.25, 0.3) is 0 Å². The molecular formula is C18H20S3. The molecule has 0 unspecified atom stereocenters. The lowest BCUT2D eigenvalue weighted by Crippen LogP contribution is -1.85. The molecule has 0 spiro atoms. The van der Waals surface area contributed by atoms with Crippen LogP contribution in [-0.2, 0) is 6.42 Å². The first-order chi connectivity index (χ1) is 10.4. The molecule has 3 aromatic rings. The van der Waals surface area contributed by atoms with Gasteiger partial charge in [0.15, 0.2) is 0 Å². The third-order valence-electron chi connectivity index (χ3n) is 3.74. The van der Waals surface area contributed by atoms with E-state index in [0.717, 1.165) is 0 Å². The lowest BCUT2D eigenvalue weighted by atomic mass is 10.0. The summed E-state index contributed by atoms with van der Waals surface area (Å²) in [5, 5.41) is 8.89. The fourth-order valence-corrected chi connectivity index (χ4v) is 5.23. The van der Waals surface area contributed by atoms with Gasteiger partial charge in [0, 0.05) is 20.9 Å². The zero-order chi connectivity index (χ0) is 14.5. The summed E-state index contributed by atoms with van der Waals surface area (Å²) in [6, 6.07) is 6.80. The van der Waals surface area contributed by atoms with E-state index < -0.39 is 0 Å². The summed E-state index contributed by atoms with van der Waals surface area (Å²) < 4.78 is 0. The quantitative estimate of drug-likeness (QED) is 0.397. The fraction of sp³-hybridized carbons (Fsp3) is 0.333. The second-order valence-electron chi connectivity index (χ2n) is 5.24. The summed E-state index contributed by atoms with van der Waals surface area (Å²) in [5.41, 5.74) is 4.22. The van der Waals surface area contributed by atoms with Gasteiger partial charge < -0.3 is 0 Å². The number of aryl methyl sites for hydroxylation is 1. The standard InChI is InChI=1S/C18H20S3/c1-2-3-4-5-6-17-16(9-11-20-17)18-15(8-12-21-18)14-7-10-19-13-14/h7-13H,2-6H2,1H3. The molecule has 0 amide bonds. The van der Waals surface area contributed by atoms with E-state index in [9.17, 15) is 0 Å². The molecule has 0 radical (unpaired) electrons. The maximum absolute atomic E-state index is 2.31. The smallest absolute Gasteiger partial charge is 0.0432 e. The highest BCUT2D eigenvalue weighted by atomic mass is 32.1. The van der Waals surface area contributed by atoms with Crippen molar-refractivity contribution < 1.29 is 0 Å². The first-order valence-corrected chi connectivity index (χ1v) is 10.3. The van der Waals surface area contributed by atoms with Crippen molar-refractivity contribution in [1.82, 2.24) is 0 Å². The van der Waals surface area contributed by atoms with Gasteiger partial charge in [-0.05, 0) is 58.1 Å². The van der Waals surface area contributed by atoms with Gasteiger partial charge in [0.2, 0.25) is 0 Å². The van der Waals surface area contributed by atoms with Crippen LogP contribution in [0.4, 0.5) is 0 Å². The molecule has 0 nitrogen and oxygen atoms in total. The molecule has 3 aromatic heterocycles. The van der Waals surface area contributed by atoms with Gasteiger partial charge in [-0.25, -0.2) is 0 Å². The monoisotopic (exact) mass is 332 g/mol. The van der Waals surface area contributed by atoms with E-state index in [-0.39, 0.29) is 0 Å². The number of hydrogen-bond acceptors (Lipinski definition) is 3. The second kappa shape index (κ2) is 7.39. The summed E-state index contributed by atoms with van der Waals surface area (Å²) in [7, 11) is 0. The predicted octanol–water partition coefficient (Wildman–Crippen LogP) is 7.33. The lowest BCUT2D eigenvalue weighted by Gasteiger charge is -2.05. The van der Waals surface area contributed by atoms with Crippen molar-refractivity contribution in [2.45, 2.75) is 39.0 Å². The Labute approximate surface area is 139 Å². The number of thiophene rings is 3. The molecule has 0 N–H and O–H groups in total. The maximum Gasteiger partial charge on any atom is 0.0432 e. The molecule has 3 heteroatoms. The highest BCUT2D eigenvalue weighted by molar-refractivity contribution is 7.15. The highest BCUT2D eigenvalue weighted by Crippen LogP contribution is 2.41. The topological polar surface area (TPSA) is 0 Å². The molecule has 0 aromatic carbocycles. The Kier molecular flexibility index (Phi) is 5.28. The van der Waals surface area contributed by atoms with Crippen LogP contribution in [-0.4, -0.2) is 0 Å². The van der Waals surface area contributed by atoms with Crippen LogP contribution >= 0.6 is 34.0 Å². The van der Waals surface area contributed by atoms with Gasteiger partial charge in [0.05, 0.1) is 0 Å². The molecule has 0 atom stereocenters. The Morgan fingerprint density at radius 1 is 0.857 bits per heavy atom. The molecule has 0 aliphatic heterocycles. The summed E-state index contributed by atoms with van der Waals surface area (Å²) in [5.74, 6) is 0. The second-order valence-corrected chi connectivity index (χ2v) is 7.94. The lowest BCUT2D eigenvalue weighted by molar-refractivity contribution is 0.670. The Hall–Kier alpha value is -0.900. The maximum atomic E-state index is 2.31. The van der Waals surface area contributed by atoms with Crippen LogP contribution in [0.25, 0.3) is 21.6 Å². The molecule has 3 heterocycles. The van der Waals surface area contributed by atoms with E-state index in [0.29, 0.717) is 0 Å². The van der Waals surface area contributed by atoms with E-state index in [1.807, 2.05) is 22.7 Å². The van der Waals surface area contributed by atoms with E-state index in [4.69, 9.17) is 0 Å². The van der Waals surface area contributed by atoms with Crippen molar-refractivity contribution in [2.75, 3.05) is 0 Å². The average molecular weight is 333 g/mol. The Morgan fingerprint density at radius 3 is 2.52 bits per heavy atom. The minimum atomic E-state index is 1.23. The van der Waals surface area contributed by atoms with Gasteiger partial charge in [-0.3, -0.25) is 0 Å². The Balaban J connectivity index is 1.82. The number of unbranched alkanes of at least 4 members (excludes halogenated alkanes) is 3. The van der Waals surface area contributed by atoms with E-state index in [1.54, 1.807) is 16.2 Å². The summed E-state index contributed by atoms with van der Waals surface area (Å²) in [6.07, 6.45) is 6.58. The van der Waals surface area contributed by atoms with Crippen molar-refractivity contribution in [1.29, 1.82) is 0 Å². The third-order valence-corrected chi connectivity index (χ3v) is 6.36. The van der Waals surface area contributed by atoms with Crippen molar-refractivity contribution >= 4 is 34.0 Å². The van der Waals surface area contributed by atoms with Crippen LogP contribution in [0, 0.1) is 0 Å². The van der Waals surface area contributed by atoms with Crippen LogP contribution < -0.4 is 0 Å². The highest BCUT2D eigenvalue weighted by Gasteiger charge is 2.13. The molecule has 0 saturated carbocycles.